The van der Waals surface area contributed by atoms with Gasteiger partial charge in [0.15, 0.2) is 5.69 Å². The Labute approximate surface area is 170 Å². The van der Waals surface area contributed by atoms with Crippen LogP contribution in [0.2, 0.25) is 0 Å². The van der Waals surface area contributed by atoms with Crippen LogP contribution in [0, 0.1) is 12.8 Å². The first kappa shape index (κ1) is 20.4. The molecule has 0 atom stereocenters. The normalized spacial score (nSPS) is 10.8. The number of amides is 1. The van der Waals surface area contributed by atoms with Gasteiger partial charge in [0.2, 0.25) is 5.82 Å². The molecule has 0 radical (unpaired) electrons. The molecule has 7 heteroatoms. The lowest BCUT2D eigenvalue weighted by Gasteiger charge is -2.09. The highest BCUT2D eigenvalue weighted by Gasteiger charge is 2.17. The molecule has 0 saturated carbocycles. The molecule has 0 saturated heterocycles. The molecule has 1 heterocycles. The summed E-state index contributed by atoms with van der Waals surface area (Å²) >= 11 is 0. The van der Waals surface area contributed by atoms with Crippen molar-refractivity contribution in [1.82, 2.24) is 10.3 Å². The largest absolute Gasteiger partial charge is 0.494 e. The molecule has 0 spiro atoms. The Balaban J connectivity index is 1.73. The first-order valence-corrected chi connectivity index (χ1v) is 9.58. The van der Waals surface area contributed by atoms with E-state index in [1.165, 1.54) is 0 Å². The number of rotatable bonds is 8. The zero-order valence-corrected chi connectivity index (χ0v) is 17.1. The van der Waals surface area contributed by atoms with Gasteiger partial charge < -0.3 is 14.8 Å². The summed E-state index contributed by atoms with van der Waals surface area (Å²) in [6, 6.07) is 12.6. The zero-order valence-electron chi connectivity index (χ0n) is 17.1. The SMILES string of the molecule is CCOc1ccc(-c2nonc2NC(=O)c2ccc(OCC(C)C)cc2)cc1C. The Morgan fingerprint density at radius 3 is 2.52 bits per heavy atom. The summed E-state index contributed by atoms with van der Waals surface area (Å²) in [5.41, 5.74) is 2.68. The zero-order chi connectivity index (χ0) is 20.8. The topological polar surface area (TPSA) is 86.5 Å². The predicted molar refractivity (Wildman–Crippen MR) is 110 cm³/mol. The Morgan fingerprint density at radius 1 is 1.10 bits per heavy atom. The monoisotopic (exact) mass is 395 g/mol. The van der Waals surface area contributed by atoms with E-state index in [0.717, 1.165) is 22.6 Å². The van der Waals surface area contributed by atoms with E-state index < -0.39 is 0 Å². The summed E-state index contributed by atoms with van der Waals surface area (Å²) in [6.45, 7) is 9.26. The number of aryl methyl sites for hydroxylation is 1. The first-order valence-electron chi connectivity index (χ1n) is 9.58. The smallest absolute Gasteiger partial charge is 0.256 e. The highest BCUT2D eigenvalue weighted by molar-refractivity contribution is 6.05. The molecule has 152 valence electrons. The van der Waals surface area contributed by atoms with Crippen LogP contribution in [0.25, 0.3) is 11.3 Å². The third kappa shape index (κ3) is 5.13. The van der Waals surface area contributed by atoms with E-state index in [2.05, 4.69) is 29.5 Å². The lowest BCUT2D eigenvalue weighted by Crippen LogP contribution is -2.13. The van der Waals surface area contributed by atoms with E-state index in [1.54, 1.807) is 24.3 Å². The van der Waals surface area contributed by atoms with E-state index in [1.807, 2.05) is 32.0 Å². The van der Waals surface area contributed by atoms with Gasteiger partial charge in [-0.05, 0) is 78.1 Å². The fraction of sp³-hybridized carbons (Fsp3) is 0.318. The van der Waals surface area contributed by atoms with E-state index >= 15 is 0 Å². The molecule has 1 aromatic heterocycles. The van der Waals surface area contributed by atoms with Crippen molar-refractivity contribution in [3.05, 3.63) is 53.6 Å². The molecule has 0 unspecified atom stereocenters. The number of hydrogen-bond donors (Lipinski definition) is 1. The molecule has 0 aliphatic heterocycles. The average molecular weight is 395 g/mol. The van der Waals surface area contributed by atoms with Crippen molar-refractivity contribution in [2.24, 2.45) is 5.92 Å². The fourth-order valence-corrected chi connectivity index (χ4v) is 2.72. The van der Waals surface area contributed by atoms with Crippen molar-refractivity contribution >= 4 is 11.7 Å². The number of carbonyl (C=O) groups excluding carboxylic acids is 1. The van der Waals surface area contributed by atoms with Crippen LogP contribution in [0.15, 0.2) is 47.1 Å². The van der Waals surface area contributed by atoms with Crippen LogP contribution in [0.4, 0.5) is 5.82 Å². The maximum absolute atomic E-state index is 12.6. The molecule has 29 heavy (non-hydrogen) atoms. The van der Waals surface area contributed by atoms with Gasteiger partial charge in [0.05, 0.1) is 13.2 Å². The lowest BCUT2D eigenvalue weighted by molar-refractivity contribution is 0.102. The van der Waals surface area contributed by atoms with Gasteiger partial charge >= 0.3 is 0 Å². The predicted octanol–water partition coefficient (Wildman–Crippen LogP) is 4.73. The Morgan fingerprint density at radius 2 is 1.86 bits per heavy atom. The standard InChI is InChI=1S/C22H25N3O4/c1-5-27-19-11-8-17(12-15(19)4)20-21(25-29-24-20)23-22(26)16-6-9-18(10-7-16)28-13-14(2)3/h6-12,14H,5,13H2,1-4H3,(H,23,25,26). The van der Waals surface area contributed by atoms with Crippen molar-refractivity contribution in [2.45, 2.75) is 27.7 Å². The maximum atomic E-state index is 12.6. The van der Waals surface area contributed by atoms with E-state index in [9.17, 15) is 4.79 Å². The highest BCUT2D eigenvalue weighted by atomic mass is 16.6. The summed E-state index contributed by atoms with van der Waals surface area (Å²) in [5, 5.41) is 10.5. The van der Waals surface area contributed by atoms with Crippen LogP contribution in [-0.4, -0.2) is 29.4 Å². The molecular weight excluding hydrogens is 370 g/mol. The van der Waals surface area contributed by atoms with Gasteiger partial charge in [-0.25, -0.2) is 4.63 Å². The molecule has 0 aliphatic rings. The van der Waals surface area contributed by atoms with Crippen LogP contribution in [0.3, 0.4) is 0 Å². The molecule has 3 rings (SSSR count). The number of anilines is 1. The molecule has 0 bridgehead atoms. The minimum Gasteiger partial charge on any atom is -0.494 e. The highest BCUT2D eigenvalue weighted by Crippen LogP contribution is 2.29. The number of ether oxygens (including phenoxy) is 2. The fourth-order valence-electron chi connectivity index (χ4n) is 2.72. The third-order valence-electron chi connectivity index (χ3n) is 4.17. The number of benzene rings is 2. The number of aromatic nitrogens is 2. The summed E-state index contributed by atoms with van der Waals surface area (Å²) in [6.07, 6.45) is 0. The van der Waals surface area contributed by atoms with Gasteiger partial charge in [0, 0.05) is 11.1 Å². The van der Waals surface area contributed by atoms with Gasteiger partial charge in [0.25, 0.3) is 5.91 Å². The number of carbonyl (C=O) groups is 1. The molecular formula is C22H25N3O4. The van der Waals surface area contributed by atoms with Crippen molar-refractivity contribution < 1.29 is 18.9 Å². The molecule has 0 fully saturated rings. The van der Waals surface area contributed by atoms with Crippen LogP contribution >= 0.6 is 0 Å². The van der Waals surface area contributed by atoms with Crippen molar-refractivity contribution in [1.29, 1.82) is 0 Å². The molecule has 2 aromatic carbocycles. The lowest BCUT2D eigenvalue weighted by atomic mass is 10.1. The second-order valence-corrected chi connectivity index (χ2v) is 7.06. The summed E-state index contributed by atoms with van der Waals surface area (Å²) < 4.78 is 16.1. The molecule has 7 nitrogen and oxygen atoms in total. The minimum atomic E-state index is -0.306. The Bertz CT molecular complexity index is 964. The summed E-state index contributed by atoms with van der Waals surface area (Å²) in [7, 11) is 0. The number of nitrogens with one attached hydrogen (secondary N) is 1. The Kier molecular flexibility index (Phi) is 6.49. The second kappa shape index (κ2) is 9.23. The first-order chi connectivity index (χ1) is 14.0. The van der Waals surface area contributed by atoms with Gasteiger partial charge in [0.1, 0.15) is 11.5 Å². The van der Waals surface area contributed by atoms with Gasteiger partial charge in [-0.1, -0.05) is 13.8 Å². The number of nitrogens with zero attached hydrogens (tertiary/aromatic N) is 2. The average Bonchev–Trinajstić information content (AvgIpc) is 3.16. The van der Waals surface area contributed by atoms with Crippen molar-refractivity contribution in [3.63, 3.8) is 0 Å². The molecule has 0 aliphatic carbocycles. The molecule has 3 aromatic rings. The van der Waals surface area contributed by atoms with E-state index in [-0.39, 0.29) is 11.7 Å². The molecule has 1 N–H and O–H groups in total. The Hall–Kier alpha value is -3.35. The summed E-state index contributed by atoms with van der Waals surface area (Å²) in [4.78, 5) is 12.6. The van der Waals surface area contributed by atoms with Crippen LogP contribution in [0.5, 0.6) is 11.5 Å². The van der Waals surface area contributed by atoms with Crippen LogP contribution in [-0.2, 0) is 0 Å². The van der Waals surface area contributed by atoms with E-state index in [4.69, 9.17) is 14.1 Å². The minimum absolute atomic E-state index is 0.263. The van der Waals surface area contributed by atoms with Crippen LogP contribution < -0.4 is 14.8 Å². The van der Waals surface area contributed by atoms with Gasteiger partial charge in [-0.3, -0.25) is 4.79 Å². The summed E-state index contributed by atoms with van der Waals surface area (Å²) in [5.74, 6) is 1.92. The quantitative estimate of drug-likeness (QED) is 0.593. The van der Waals surface area contributed by atoms with Crippen molar-refractivity contribution in [3.8, 4) is 22.8 Å². The third-order valence-corrected chi connectivity index (χ3v) is 4.17. The van der Waals surface area contributed by atoms with Gasteiger partial charge in [-0.15, -0.1) is 0 Å². The second-order valence-electron chi connectivity index (χ2n) is 7.06. The van der Waals surface area contributed by atoms with Crippen LogP contribution in [0.1, 0.15) is 36.7 Å². The van der Waals surface area contributed by atoms with Gasteiger partial charge in [-0.2, -0.15) is 0 Å². The molecule has 1 amide bonds. The van der Waals surface area contributed by atoms with E-state index in [0.29, 0.717) is 30.4 Å². The number of hydrogen-bond acceptors (Lipinski definition) is 6. The maximum Gasteiger partial charge on any atom is 0.256 e. The van der Waals surface area contributed by atoms with Crippen molar-refractivity contribution in [2.75, 3.05) is 18.5 Å².